The molecule has 0 bridgehead atoms. The molecular weight excluding hydrogens is 373 g/mol. The molecule has 0 fully saturated rings. The van der Waals surface area contributed by atoms with E-state index in [1.807, 2.05) is 0 Å². The van der Waals surface area contributed by atoms with Crippen LogP contribution in [0.25, 0.3) is 0 Å². The zero-order valence-electron chi connectivity index (χ0n) is 14.1. The minimum Gasteiger partial charge on any atom is -0.493 e. The maximum atomic E-state index is 14.1. The number of anilines is 2. The third-order valence-electron chi connectivity index (χ3n) is 3.40. The van der Waals surface area contributed by atoms with Gasteiger partial charge in [0.05, 0.1) is 12.8 Å². The minimum atomic E-state index is -0.632. The summed E-state index contributed by atoms with van der Waals surface area (Å²) in [4.78, 5) is 27.2. The second kappa shape index (κ2) is 8.28. The number of aldehydes is 1. The van der Waals surface area contributed by atoms with Gasteiger partial charge in [-0.05, 0) is 30.3 Å². The Kier molecular flexibility index (Phi) is 5.62. The van der Waals surface area contributed by atoms with Gasteiger partial charge >= 0.3 is 6.03 Å². The number of benzene rings is 2. The first kappa shape index (κ1) is 18.3. The highest BCUT2D eigenvalue weighted by atomic mass is 32.1. The standard InChI is InChI=1S/C18H14FN3O4S/c1-25-15-4-2-3-12(19)16(15)26-14-6-5-11(10-23)9-13(14)21-17(24)22-18-20-7-8-27-18/h2-10H,1H3,(H2,20,21,22,24). The molecule has 0 spiro atoms. The van der Waals surface area contributed by atoms with Crippen LogP contribution in [0.3, 0.4) is 0 Å². The van der Waals surface area contributed by atoms with E-state index in [-0.39, 0.29) is 22.9 Å². The molecular formula is C18H14FN3O4S. The Morgan fingerprint density at radius 1 is 1.22 bits per heavy atom. The summed E-state index contributed by atoms with van der Waals surface area (Å²) in [5.41, 5.74) is 0.492. The number of carbonyl (C=O) groups excluding carboxylic acids is 2. The molecule has 1 heterocycles. The summed E-state index contributed by atoms with van der Waals surface area (Å²) in [6, 6.07) is 8.02. The number of nitrogens with one attached hydrogen (secondary N) is 2. The highest BCUT2D eigenvalue weighted by molar-refractivity contribution is 7.13. The first-order valence-corrected chi connectivity index (χ1v) is 8.55. The molecule has 0 saturated carbocycles. The Morgan fingerprint density at radius 3 is 2.78 bits per heavy atom. The largest absolute Gasteiger partial charge is 0.493 e. The molecule has 2 amide bonds. The van der Waals surface area contributed by atoms with Crippen LogP contribution in [-0.2, 0) is 0 Å². The molecule has 3 rings (SSSR count). The quantitative estimate of drug-likeness (QED) is 0.606. The predicted octanol–water partition coefficient (Wildman–Crippen LogP) is 4.54. The lowest BCUT2D eigenvalue weighted by Gasteiger charge is -2.15. The third-order valence-corrected chi connectivity index (χ3v) is 4.09. The number of urea groups is 1. The first-order chi connectivity index (χ1) is 13.1. The summed E-state index contributed by atoms with van der Waals surface area (Å²) < 4.78 is 24.9. The first-order valence-electron chi connectivity index (χ1n) is 7.68. The van der Waals surface area contributed by atoms with Crippen molar-refractivity contribution in [1.82, 2.24) is 4.98 Å². The van der Waals surface area contributed by atoms with Crippen LogP contribution in [0.15, 0.2) is 48.0 Å². The molecule has 7 nitrogen and oxygen atoms in total. The van der Waals surface area contributed by atoms with E-state index in [0.29, 0.717) is 17.0 Å². The van der Waals surface area contributed by atoms with Crippen molar-refractivity contribution in [2.24, 2.45) is 0 Å². The molecule has 0 saturated heterocycles. The number of halogens is 1. The molecule has 0 aliphatic carbocycles. The molecule has 9 heteroatoms. The number of carbonyl (C=O) groups is 2. The van der Waals surface area contributed by atoms with Gasteiger partial charge in [0.25, 0.3) is 0 Å². The molecule has 2 N–H and O–H groups in total. The minimum absolute atomic E-state index is 0.137. The molecule has 3 aromatic rings. The number of hydrogen-bond acceptors (Lipinski definition) is 6. The zero-order chi connectivity index (χ0) is 19.2. The van der Waals surface area contributed by atoms with Crippen LogP contribution < -0.4 is 20.1 Å². The molecule has 27 heavy (non-hydrogen) atoms. The van der Waals surface area contributed by atoms with Crippen molar-refractivity contribution in [2.45, 2.75) is 0 Å². The fourth-order valence-corrected chi connectivity index (χ4v) is 2.73. The van der Waals surface area contributed by atoms with E-state index in [1.165, 1.54) is 48.8 Å². The Balaban J connectivity index is 1.89. The number of ether oxygens (including phenoxy) is 2. The Hall–Kier alpha value is -3.46. The van der Waals surface area contributed by atoms with Crippen LogP contribution in [0.1, 0.15) is 10.4 Å². The highest BCUT2D eigenvalue weighted by Gasteiger charge is 2.16. The fourth-order valence-electron chi connectivity index (χ4n) is 2.20. The normalized spacial score (nSPS) is 10.1. The van der Waals surface area contributed by atoms with Crippen molar-refractivity contribution in [3.05, 3.63) is 59.4 Å². The number of thiazole rings is 1. The van der Waals surface area contributed by atoms with E-state index in [9.17, 15) is 14.0 Å². The zero-order valence-corrected chi connectivity index (χ0v) is 14.9. The summed E-state index contributed by atoms with van der Waals surface area (Å²) >= 11 is 1.25. The van der Waals surface area contributed by atoms with Gasteiger partial charge < -0.3 is 14.8 Å². The van der Waals surface area contributed by atoms with Crippen LogP contribution in [0.2, 0.25) is 0 Å². The van der Waals surface area contributed by atoms with Gasteiger partial charge in [0, 0.05) is 17.1 Å². The molecule has 1 aromatic heterocycles. The van der Waals surface area contributed by atoms with Crippen LogP contribution >= 0.6 is 11.3 Å². The van der Waals surface area contributed by atoms with Gasteiger partial charge in [0.1, 0.15) is 6.29 Å². The van der Waals surface area contributed by atoms with Gasteiger partial charge in [-0.1, -0.05) is 6.07 Å². The van der Waals surface area contributed by atoms with Crippen molar-refractivity contribution < 1.29 is 23.5 Å². The monoisotopic (exact) mass is 387 g/mol. The maximum absolute atomic E-state index is 14.1. The highest BCUT2D eigenvalue weighted by Crippen LogP contribution is 2.37. The number of hydrogen-bond donors (Lipinski definition) is 2. The fraction of sp³-hybridized carbons (Fsp3) is 0.0556. The van der Waals surface area contributed by atoms with Gasteiger partial charge in [0.2, 0.25) is 5.75 Å². The average Bonchev–Trinajstić information content (AvgIpc) is 3.17. The number of methoxy groups -OCH3 is 1. The van der Waals surface area contributed by atoms with E-state index in [4.69, 9.17) is 9.47 Å². The van der Waals surface area contributed by atoms with Gasteiger partial charge in [-0.3, -0.25) is 10.1 Å². The van der Waals surface area contributed by atoms with Crippen LogP contribution in [0.5, 0.6) is 17.2 Å². The van der Waals surface area contributed by atoms with Crippen molar-refractivity contribution in [3.63, 3.8) is 0 Å². The summed E-state index contributed by atoms with van der Waals surface area (Å²) in [6.07, 6.45) is 2.17. The SMILES string of the molecule is COc1cccc(F)c1Oc1ccc(C=O)cc1NC(=O)Nc1nccs1. The third kappa shape index (κ3) is 4.39. The van der Waals surface area contributed by atoms with E-state index in [0.717, 1.165) is 0 Å². The Morgan fingerprint density at radius 2 is 2.07 bits per heavy atom. The summed E-state index contributed by atoms with van der Waals surface area (Å²) in [6.45, 7) is 0. The summed E-state index contributed by atoms with van der Waals surface area (Å²) in [5, 5.41) is 7.23. The lowest BCUT2D eigenvalue weighted by atomic mass is 10.2. The van der Waals surface area contributed by atoms with Crippen LogP contribution in [0.4, 0.5) is 20.0 Å². The molecule has 0 aliphatic heterocycles. The van der Waals surface area contributed by atoms with E-state index in [1.54, 1.807) is 17.6 Å². The molecule has 138 valence electrons. The molecule has 0 unspecified atom stereocenters. The predicted molar refractivity (Wildman–Crippen MR) is 99.6 cm³/mol. The lowest BCUT2D eigenvalue weighted by molar-refractivity contribution is 0.112. The summed E-state index contributed by atoms with van der Waals surface area (Å²) in [7, 11) is 1.39. The van der Waals surface area contributed by atoms with Gasteiger partial charge in [-0.15, -0.1) is 11.3 Å². The number of para-hydroxylation sites is 1. The topological polar surface area (TPSA) is 89.5 Å². The van der Waals surface area contributed by atoms with Crippen LogP contribution in [-0.4, -0.2) is 24.4 Å². The Labute approximate surface area is 157 Å². The molecule has 0 radical (unpaired) electrons. The van der Waals surface area contributed by atoms with E-state index < -0.39 is 11.8 Å². The second-order valence-corrected chi connectivity index (χ2v) is 6.06. The summed E-state index contributed by atoms with van der Waals surface area (Å²) in [5.74, 6) is -0.444. The molecule has 2 aromatic carbocycles. The van der Waals surface area contributed by atoms with Crippen molar-refractivity contribution >= 4 is 34.5 Å². The van der Waals surface area contributed by atoms with Crippen LogP contribution in [0, 0.1) is 5.82 Å². The van der Waals surface area contributed by atoms with Gasteiger partial charge in [-0.25, -0.2) is 14.2 Å². The number of amides is 2. The smallest absolute Gasteiger partial charge is 0.325 e. The van der Waals surface area contributed by atoms with Gasteiger partial charge in [0.15, 0.2) is 22.4 Å². The van der Waals surface area contributed by atoms with Crippen molar-refractivity contribution in [1.29, 1.82) is 0 Å². The van der Waals surface area contributed by atoms with Crippen molar-refractivity contribution in [2.75, 3.05) is 17.7 Å². The van der Waals surface area contributed by atoms with Crippen molar-refractivity contribution in [3.8, 4) is 17.2 Å². The maximum Gasteiger partial charge on any atom is 0.325 e. The van der Waals surface area contributed by atoms with E-state index >= 15 is 0 Å². The van der Waals surface area contributed by atoms with Gasteiger partial charge in [-0.2, -0.15) is 0 Å². The number of aromatic nitrogens is 1. The molecule has 0 aliphatic rings. The average molecular weight is 387 g/mol. The number of rotatable bonds is 6. The second-order valence-electron chi connectivity index (χ2n) is 5.16. The number of nitrogens with zero attached hydrogens (tertiary/aromatic N) is 1. The van der Waals surface area contributed by atoms with E-state index in [2.05, 4.69) is 15.6 Å². The Bertz CT molecular complexity index is 963. The lowest BCUT2D eigenvalue weighted by Crippen LogP contribution is -2.19. The molecule has 0 atom stereocenters.